The van der Waals surface area contributed by atoms with Crippen LogP contribution in [-0.2, 0) is 19.3 Å². The largest absolute Gasteiger partial charge is 0.0850 e. The van der Waals surface area contributed by atoms with E-state index in [0.717, 1.165) is 5.92 Å². The monoisotopic (exact) mass is 238 g/mol. The van der Waals surface area contributed by atoms with Crippen LogP contribution in [0.4, 0.5) is 0 Å². The molecule has 4 rings (SSSR count). The Morgan fingerprint density at radius 3 is 2.94 bits per heavy atom. The van der Waals surface area contributed by atoms with Gasteiger partial charge < -0.3 is 0 Å². The van der Waals surface area contributed by atoms with Gasteiger partial charge in [0.2, 0.25) is 0 Å². The van der Waals surface area contributed by atoms with Crippen molar-refractivity contribution in [1.82, 2.24) is 0 Å². The Balaban J connectivity index is 1.72. The normalized spacial score (nSPS) is 32.7. The number of hydrogen-bond donors (Lipinski definition) is 0. The van der Waals surface area contributed by atoms with Crippen molar-refractivity contribution < 1.29 is 0 Å². The van der Waals surface area contributed by atoms with E-state index in [1.807, 2.05) is 0 Å². The lowest BCUT2D eigenvalue weighted by atomic mass is 9.63. The summed E-state index contributed by atoms with van der Waals surface area (Å²) in [5.74, 6) is 0.978. The third kappa shape index (κ3) is 1.38. The van der Waals surface area contributed by atoms with Crippen molar-refractivity contribution in [2.75, 3.05) is 0 Å². The Morgan fingerprint density at radius 1 is 1.28 bits per heavy atom. The quantitative estimate of drug-likeness (QED) is 0.633. The van der Waals surface area contributed by atoms with Crippen LogP contribution in [0.15, 0.2) is 29.8 Å². The first-order valence-electron chi connectivity index (χ1n) is 7.58. The van der Waals surface area contributed by atoms with Gasteiger partial charge in [-0.25, -0.2) is 0 Å². The van der Waals surface area contributed by atoms with Gasteiger partial charge in [0.25, 0.3) is 0 Å². The minimum absolute atomic E-state index is 0.656. The van der Waals surface area contributed by atoms with E-state index < -0.39 is 0 Å². The molecule has 0 aliphatic heterocycles. The van der Waals surface area contributed by atoms with E-state index in [1.165, 1.54) is 44.9 Å². The summed E-state index contributed by atoms with van der Waals surface area (Å²) < 4.78 is 0. The molecule has 0 aromatic heterocycles. The molecule has 0 radical (unpaired) electrons. The number of benzene rings is 1. The highest BCUT2D eigenvalue weighted by Gasteiger charge is 2.48. The van der Waals surface area contributed by atoms with Crippen LogP contribution in [-0.4, -0.2) is 0 Å². The SMILES string of the molecule is CCc1cccc2c1CCC1(CC3=CCC1C3)C2. The average molecular weight is 238 g/mol. The molecular formula is C18H22. The van der Waals surface area contributed by atoms with E-state index in [1.54, 1.807) is 22.3 Å². The first-order valence-corrected chi connectivity index (χ1v) is 7.58. The fourth-order valence-corrected chi connectivity index (χ4v) is 4.85. The Bertz CT molecular complexity index is 523. The molecule has 0 saturated heterocycles. The highest BCUT2D eigenvalue weighted by atomic mass is 14.5. The van der Waals surface area contributed by atoms with Crippen LogP contribution in [0.25, 0.3) is 0 Å². The zero-order chi connectivity index (χ0) is 12.2. The Labute approximate surface area is 110 Å². The molecule has 1 aromatic rings. The van der Waals surface area contributed by atoms with Gasteiger partial charge in [0.1, 0.15) is 0 Å². The van der Waals surface area contributed by atoms with E-state index in [2.05, 4.69) is 31.2 Å². The van der Waals surface area contributed by atoms with Gasteiger partial charge in [-0.1, -0.05) is 36.8 Å². The highest BCUT2D eigenvalue weighted by Crippen LogP contribution is 2.58. The van der Waals surface area contributed by atoms with Crippen molar-refractivity contribution >= 4 is 0 Å². The lowest BCUT2D eigenvalue weighted by molar-refractivity contribution is 0.168. The van der Waals surface area contributed by atoms with Gasteiger partial charge >= 0.3 is 0 Å². The lowest BCUT2D eigenvalue weighted by Crippen LogP contribution is -2.33. The molecule has 0 heterocycles. The lowest BCUT2D eigenvalue weighted by Gasteiger charge is -2.41. The molecule has 3 aliphatic carbocycles. The highest BCUT2D eigenvalue weighted by molar-refractivity contribution is 5.40. The molecule has 2 atom stereocenters. The molecule has 0 nitrogen and oxygen atoms in total. The second kappa shape index (κ2) is 3.73. The maximum Gasteiger partial charge on any atom is -0.0182 e. The van der Waals surface area contributed by atoms with E-state index in [4.69, 9.17) is 0 Å². The minimum atomic E-state index is 0.656. The fourth-order valence-electron chi connectivity index (χ4n) is 4.85. The number of fused-ring (bicyclic) bond motifs is 4. The molecule has 0 amide bonds. The molecule has 1 spiro atoms. The molecule has 0 N–H and O–H groups in total. The van der Waals surface area contributed by atoms with Gasteiger partial charge in [0, 0.05) is 0 Å². The predicted octanol–water partition coefficient (Wildman–Crippen LogP) is 4.46. The van der Waals surface area contributed by atoms with Gasteiger partial charge in [0.05, 0.1) is 0 Å². The Hall–Kier alpha value is -1.04. The van der Waals surface area contributed by atoms with Crippen molar-refractivity contribution in [3.63, 3.8) is 0 Å². The van der Waals surface area contributed by atoms with E-state index >= 15 is 0 Å². The van der Waals surface area contributed by atoms with Crippen molar-refractivity contribution in [1.29, 1.82) is 0 Å². The smallest absolute Gasteiger partial charge is 0.0182 e. The molecule has 94 valence electrons. The maximum atomic E-state index is 2.52. The van der Waals surface area contributed by atoms with Gasteiger partial charge in [-0.05, 0) is 73.0 Å². The summed E-state index contributed by atoms with van der Waals surface area (Å²) in [6.45, 7) is 2.29. The summed E-state index contributed by atoms with van der Waals surface area (Å²) in [6.07, 6.45) is 12.1. The summed E-state index contributed by atoms with van der Waals surface area (Å²) in [6, 6.07) is 7.01. The Kier molecular flexibility index (Phi) is 2.24. The number of rotatable bonds is 1. The molecule has 2 bridgehead atoms. The maximum absolute atomic E-state index is 2.52. The second-order valence-corrected chi connectivity index (χ2v) is 6.62. The van der Waals surface area contributed by atoms with Gasteiger partial charge in [-0.15, -0.1) is 0 Å². The first kappa shape index (κ1) is 10.8. The van der Waals surface area contributed by atoms with Crippen LogP contribution in [0.5, 0.6) is 0 Å². The van der Waals surface area contributed by atoms with Crippen molar-refractivity contribution in [2.24, 2.45) is 11.3 Å². The van der Waals surface area contributed by atoms with E-state index in [9.17, 15) is 0 Å². The van der Waals surface area contributed by atoms with Crippen LogP contribution >= 0.6 is 0 Å². The van der Waals surface area contributed by atoms with Gasteiger partial charge in [0.15, 0.2) is 0 Å². The van der Waals surface area contributed by atoms with Crippen LogP contribution < -0.4 is 0 Å². The molecule has 2 unspecified atom stereocenters. The number of aryl methyl sites for hydroxylation is 1. The molecule has 1 fully saturated rings. The third-order valence-electron chi connectivity index (χ3n) is 5.81. The zero-order valence-electron chi connectivity index (χ0n) is 11.3. The molecule has 0 heteroatoms. The molecule has 18 heavy (non-hydrogen) atoms. The standard InChI is InChI=1S/C18H22/c1-2-14-4-3-5-15-12-18(9-8-17(14)15)11-13-6-7-16(18)10-13/h3-6,16H,2,7-12H2,1H3. The summed E-state index contributed by atoms with van der Waals surface area (Å²) in [4.78, 5) is 0. The predicted molar refractivity (Wildman–Crippen MR) is 75.7 cm³/mol. The minimum Gasteiger partial charge on any atom is -0.0850 e. The van der Waals surface area contributed by atoms with Crippen molar-refractivity contribution in [3.05, 3.63) is 46.5 Å². The average Bonchev–Trinajstić information content (AvgIpc) is 2.98. The Morgan fingerprint density at radius 2 is 2.22 bits per heavy atom. The first-order chi connectivity index (χ1) is 8.81. The third-order valence-corrected chi connectivity index (χ3v) is 5.81. The van der Waals surface area contributed by atoms with Crippen molar-refractivity contribution in [2.45, 2.75) is 51.9 Å². The zero-order valence-corrected chi connectivity index (χ0v) is 11.3. The second-order valence-electron chi connectivity index (χ2n) is 6.62. The van der Waals surface area contributed by atoms with Gasteiger partial charge in [-0.2, -0.15) is 0 Å². The van der Waals surface area contributed by atoms with Crippen molar-refractivity contribution in [3.8, 4) is 0 Å². The summed E-state index contributed by atoms with van der Waals surface area (Å²) in [7, 11) is 0. The molecule has 1 saturated carbocycles. The van der Waals surface area contributed by atoms with E-state index in [0.29, 0.717) is 5.41 Å². The summed E-state index contributed by atoms with van der Waals surface area (Å²) >= 11 is 0. The van der Waals surface area contributed by atoms with Crippen LogP contribution in [0, 0.1) is 11.3 Å². The summed E-state index contributed by atoms with van der Waals surface area (Å²) in [5, 5.41) is 0. The molecule has 3 aliphatic rings. The molecule has 1 aromatic carbocycles. The van der Waals surface area contributed by atoms with Crippen LogP contribution in [0.1, 0.15) is 49.3 Å². The van der Waals surface area contributed by atoms with Crippen LogP contribution in [0.2, 0.25) is 0 Å². The summed E-state index contributed by atoms with van der Waals surface area (Å²) in [5.41, 5.74) is 7.40. The topological polar surface area (TPSA) is 0 Å². The fraction of sp³-hybridized carbons (Fsp3) is 0.556. The number of hydrogen-bond acceptors (Lipinski definition) is 0. The number of allylic oxidation sites excluding steroid dienone is 2. The van der Waals surface area contributed by atoms with Crippen LogP contribution in [0.3, 0.4) is 0 Å². The molecular weight excluding hydrogens is 216 g/mol. The van der Waals surface area contributed by atoms with E-state index in [-0.39, 0.29) is 0 Å². The van der Waals surface area contributed by atoms with Gasteiger partial charge in [-0.3, -0.25) is 0 Å².